The van der Waals surface area contributed by atoms with Gasteiger partial charge in [0.1, 0.15) is 5.82 Å². The summed E-state index contributed by atoms with van der Waals surface area (Å²) in [5, 5.41) is 1.90. The molecule has 47 heavy (non-hydrogen) atoms. The second-order valence-electron chi connectivity index (χ2n) is 11.7. The van der Waals surface area contributed by atoms with E-state index < -0.39 is 15.3 Å². The third-order valence-corrected chi connectivity index (χ3v) is 8.91. The number of para-hydroxylation sites is 1. The van der Waals surface area contributed by atoms with Crippen LogP contribution in [0.1, 0.15) is 64.8 Å². The molecule has 1 heterocycles. The van der Waals surface area contributed by atoms with E-state index >= 15 is 0 Å². The normalized spacial score (nSPS) is 11.4. The van der Waals surface area contributed by atoms with E-state index in [0.717, 1.165) is 24.8 Å². The molecule has 250 valence electrons. The standard InChI is InChI=1S/C35H43N5O6S/c1-6-8-17-31-36-29-15-12-16-30(37-34(42)39(5)24(3)4)32(29)33(41)40(31)23-25-18-20-26(21-19-25)27-13-10-11-14-28(27)38-47(44,45)35(43)46-22-9-7-2/h10-16,18-21,24,38H,6-9,17,22-23H2,1-5H3,(H,37,42). The number of hydrogen-bond acceptors (Lipinski definition) is 7. The lowest BCUT2D eigenvalue weighted by Gasteiger charge is -2.22. The lowest BCUT2D eigenvalue weighted by molar-refractivity contribution is 0.170. The van der Waals surface area contributed by atoms with E-state index in [9.17, 15) is 22.8 Å². The van der Waals surface area contributed by atoms with Crippen molar-refractivity contribution in [2.75, 3.05) is 23.7 Å². The average Bonchev–Trinajstić information content (AvgIpc) is 3.05. The molecular formula is C35H43N5O6S. The number of carbonyl (C=O) groups is 2. The number of anilines is 2. The molecule has 4 aromatic rings. The minimum atomic E-state index is -4.41. The van der Waals surface area contributed by atoms with Crippen LogP contribution in [-0.4, -0.2) is 53.9 Å². The molecule has 0 saturated heterocycles. The molecule has 0 aliphatic carbocycles. The van der Waals surface area contributed by atoms with Crippen molar-refractivity contribution in [2.24, 2.45) is 0 Å². The average molecular weight is 662 g/mol. The fourth-order valence-corrected chi connectivity index (χ4v) is 5.69. The van der Waals surface area contributed by atoms with Gasteiger partial charge in [-0.3, -0.25) is 14.1 Å². The highest BCUT2D eigenvalue weighted by atomic mass is 32.2. The molecule has 1 aromatic heterocycles. The maximum Gasteiger partial charge on any atom is 0.445 e. The summed E-state index contributed by atoms with van der Waals surface area (Å²) in [6.07, 6.45) is 3.73. The van der Waals surface area contributed by atoms with E-state index in [1.54, 1.807) is 59.0 Å². The summed E-state index contributed by atoms with van der Waals surface area (Å²) >= 11 is 0. The summed E-state index contributed by atoms with van der Waals surface area (Å²) in [4.78, 5) is 45.6. The Morgan fingerprint density at radius 1 is 0.936 bits per heavy atom. The van der Waals surface area contributed by atoms with Gasteiger partial charge >= 0.3 is 21.4 Å². The summed E-state index contributed by atoms with van der Waals surface area (Å²) in [5.41, 5.74) is 3.02. The van der Waals surface area contributed by atoms with Gasteiger partial charge in [0.15, 0.2) is 0 Å². The third-order valence-electron chi connectivity index (χ3n) is 7.87. The number of unbranched alkanes of at least 4 members (excludes halogenated alkanes) is 2. The van der Waals surface area contributed by atoms with Crippen molar-refractivity contribution < 1.29 is 22.7 Å². The fraction of sp³-hybridized carbons (Fsp3) is 0.371. The first kappa shape index (κ1) is 35.1. The van der Waals surface area contributed by atoms with Crippen LogP contribution < -0.4 is 15.6 Å². The maximum absolute atomic E-state index is 14.1. The van der Waals surface area contributed by atoms with Crippen LogP contribution in [0.15, 0.2) is 71.5 Å². The highest BCUT2D eigenvalue weighted by Gasteiger charge is 2.25. The van der Waals surface area contributed by atoms with E-state index in [2.05, 4.69) is 17.0 Å². The molecular weight excluding hydrogens is 618 g/mol. The van der Waals surface area contributed by atoms with Gasteiger partial charge in [-0.1, -0.05) is 75.2 Å². The molecule has 0 atom stereocenters. The molecule has 0 radical (unpaired) electrons. The van der Waals surface area contributed by atoms with Gasteiger partial charge in [-0.25, -0.2) is 14.6 Å². The van der Waals surface area contributed by atoms with Crippen molar-refractivity contribution in [2.45, 2.75) is 72.4 Å². The van der Waals surface area contributed by atoms with Crippen LogP contribution >= 0.6 is 0 Å². The van der Waals surface area contributed by atoms with Crippen molar-refractivity contribution in [1.82, 2.24) is 14.5 Å². The Kier molecular flexibility index (Phi) is 11.8. The third kappa shape index (κ3) is 8.56. The quantitative estimate of drug-likeness (QED) is 0.116. The Bertz CT molecular complexity index is 1890. The Balaban J connectivity index is 1.66. The van der Waals surface area contributed by atoms with Crippen LogP contribution in [0.25, 0.3) is 22.0 Å². The molecule has 11 nitrogen and oxygen atoms in total. The zero-order valence-corrected chi connectivity index (χ0v) is 28.4. The minimum Gasteiger partial charge on any atom is -0.453 e. The Morgan fingerprint density at radius 2 is 1.62 bits per heavy atom. The van der Waals surface area contributed by atoms with Crippen molar-refractivity contribution in [3.05, 3.63) is 88.5 Å². The number of aryl methyl sites for hydroxylation is 1. The van der Waals surface area contributed by atoms with Crippen molar-refractivity contribution in [1.29, 1.82) is 0 Å². The molecule has 3 aromatic carbocycles. The van der Waals surface area contributed by atoms with Gasteiger partial charge in [-0.2, -0.15) is 8.42 Å². The number of nitrogens with one attached hydrogen (secondary N) is 2. The molecule has 2 N–H and O–H groups in total. The van der Waals surface area contributed by atoms with E-state index in [4.69, 9.17) is 9.72 Å². The van der Waals surface area contributed by atoms with Crippen LogP contribution in [0.2, 0.25) is 0 Å². The fourth-order valence-electron chi connectivity index (χ4n) is 4.90. The molecule has 0 unspecified atom stereocenters. The van der Waals surface area contributed by atoms with Gasteiger partial charge < -0.3 is 15.0 Å². The Labute approximate surface area is 276 Å². The topological polar surface area (TPSA) is 140 Å². The van der Waals surface area contributed by atoms with Gasteiger partial charge in [0.25, 0.3) is 5.56 Å². The minimum absolute atomic E-state index is 0.0254. The molecule has 0 aliphatic heterocycles. The van der Waals surface area contributed by atoms with E-state index in [1.807, 2.05) is 45.0 Å². The van der Waals surface area contributed by atoms with Crippen LogP contribution in [-0.2, 0) is 27.7 Å². The second kappa shape index (κ2) is 15.7. The van der Waals surface area contributed by atoms with Gasteiger partial charge in [-0.15, -0.1) is 0 Å². The maximum atomic E-state index is 14.1. The molecule has 0 fully saturated rings. The number of urea groups is 1. The number of sulfonamides is 1. The predicted octanol–water partition coefficient (Wildman–Crippen LogP) is 7.00. The van der Waals surface area contributed by atoms with Crippen LogP contribution in [0.4, 0.5) is 21.0 Å². The molecule has 0 spiro atoms. The number of amides is 2. The largest absolute Gasteiger partial charge is 0.453 e. The Morgan fingerprint density at radius 3 is 2.30 bits per heavy atom. The van der Waals surface area contributed by atoms with Crippen molar-refractivity contribution >= 4 is 43.6 Å². The van der Waals surface area contributed by atoms with Gasteiger partial charge in [0.2, 0.25) is 0 Å². The zero-order valence-electron chi connectivity index (χ0n) is 27.6. The zero-order chi connectivity index (χ0) is 34.1. The lowest BCUT2D eigenvalue weighted by atomic mass is 10.0. The van der Waals surface area contributed by atoms with Gasteiger partial charge in [0.05, 0.1) is 35.4 Å². The van der Waals surface area contributed by atoms with Crippen molar-refractivity contribution in [3.8, 4) is 11.1 Å². The van der Waals surface area contributed by atoms with Crippen LogP contribution in [0.5, 0.6) is 0 Å². The number of carbonyl (C=O) groups excluding carboxylic acids is 2. The van der Waals surface area contributed by atoms with Crippen LogP contribution in [0.3, 0.4) is 0 Å². The monoisotopic (exact) mass is 661 g/mol. The highest BCUT2D eigenvalue weighted by Crippen LogP contribution is 2.29. The summed E-state index contributed by atoms with van der Waals surface area (Å²) in [7, 11) is -2.72. The number of ether oxygens (including phenoxy) is 1. The SMILES string of the molecule is CCCCOC(=O)S(=O)(=O)Nc1ccccc1-c1ccc(Cn2c(CCCC)nc3cccc(NC(=O)N(C)C(C)C)c3c2=O)cc1. The van der Waals surface area contributed by atoms with Gasteiger partial charge in [-0.05, 0) is 56.0 Å². The lowest BCUT2D eigenvalue weighted by Crippen LogP contribution is -2.37. The molecule has 0 bridgehead atoms. The van der Waals surface area contributed by atoms with Crippen LogP contribution in [0, 0.1) is 0 Å². The van der Waals surface area contributed by atoms with Gasteiger partial charge in [0, 0.05) is 25.1 Å². The predicted molar refractivity (Wildman–Crippen MR) is 186 cm³/mol. The summed E-state index contributed by atoms with van der Waals surface area (Å²) in [5.74, 6) is 0.654. The number of hydrogen-bond donors (Lipinski definition) is 2. The number of nitrogens with zero attached hydrogens (tertiary/aromatic N) is 3. The van der Waals surface area contributed by atoms with E-state index in [0.29, 0.717) is 46.4 Å². The highest BCUT2D eigenvalue weighted by molar-refractivity contribution is 8.06. The van der Waals surface area contributed by atoms with E-state index in [1.165, 1.54) is 0 Å². The first-order chi connectivity index (χ1) is 22.5. The second-order valence-corrected chi connectivity index (χ2v) is 13.2. The molecule has 0 saturated carbocycles. The summed E-state index contributed by atoms with van der Waals surface area (Å²) in [6.45, 7) is 8.08. The first-order valence-corrected chi connectivity index (χ1v) is 17.4. The van der Waals surface area contributed by atoms with Crippen molar-refractivity contribution in [3.63, 3.8) is 0 Å². The number of benzene rings is 3. The summed E-state index contributed by atoms with van der Waals surface area (Å²) < 4.78 is 34.3. The molecule has 12 heteroatoms. The first-order valence-electron chi connectivity index (χ1n) is 15.9. The smallest absolute Gasteiger partial charge is 0.445 e. The Hall–Kier alpha value is -4.71. The molecule has 4 rings (SSSR count). The van der Waals surface area contributed by atoms with E-state index in [-0.39, 0.29) is 36.5 Å². The summed E-state index contributed by atoms with van der Waals surface area (Å²) in [6, 6.07) is 19.1. The number of aromatic nitrogens is 2. The molecule has 2 amide bonds. The number of fused-ring (bicyclic) bond motifs is 1. The molecule has 0 aliphatic rings. The number of rotatable bonds is 13.